The fourth-order valence-corrected chi connectivity index (χ4v) is 1.85. The summed E-state index contributed by atoms with van der Waals surface area (Å²) in [5.41, 5.74) is 0.940. The summed E-state index contributed by atoms with van der Waals surface area (Å²) in [6.07, 6.45) is 1.34. The Kier molecular flexibility index (Phi) is 4.32. The number of hydrogen-bond acceptors (Lipinski definition) is 3. The Balaban J connectivity index is 1.98. The van der Waals surface area contributed by atoms with E-state index in [1.165, 1.54) is 29.1 Å². The number of aromatic carboxylic acids is 1. The molecule has 0 aliphatic rings. The molecule has 1 aromatic heterocycles. The van der Waals surface area contributed by atoms with Gasteiger partial charge in [-0.05, 0) is 30.7 Å². The molecule has 1 amide bonds. The number of anilines is 1. The highest BCUT2D eigenvalue weighted by atomic mass is 19.1. The minimum absolute atomic E-state index is 0.00420. The van der Waals surface area contributed by atoms with Gasteiger partial charge < -0.3 is 10.4 Å². The lowest BCUT2D eigenvalue weighted by Crippen LogP contribution is -2.18. The minimum atomic E-state index is -1.11. The number of benzene rings is 1. The number of aromatic nitrogens is 2. The fourth-order valence-electron chi connectivity index (χ4n) is 1.85. The second kappa shape index (κ2) is 6.17. The third-order valence-corrected chi connectivity index (χ3v) is 2.88. The van der Waals surface area contributed by atoms with E-state index in [0.717, 1.165) is 5.56 Å². The summed E-state index contributed by atoms with van der Waals surface area (Å²) in [5, 5.41) is 15.2. The van der Waals surface area contributed by atoms with Crippen LogP contribution < -0.4 is 5.32 Å². The van der Waals surface area contributed by atoms with Gasteiger partial charge in [0.2, 0.25) is 5.91 Å². The molecule has 2 N–H and O–H groups in total. The summed E-state index contributed by atoms with van der Waals surface area (Å²) in [7, 11) is 0. The molecule has 110 valence electrons. The van der Waals surface area contributed by atoms with Gasteiger partial charge in [0.1, 0.15) is 11.5 Å². The molecule has 0 aliphatic carbocycles. The largest absolute Gasteiger partial charge is 0.477 e. The van der Waals surface area contributed by atoms with Gasteiger partial charge in [0.25, 0.3) is 0 Å². The maximum Gasteiger partial charge on any atom is 0.354 e. The number of rotatable bonds is 5. The van der Waals surface area contributed by atoms with E-state index in [-0.39, 0.29) is 24.3 Å². The molecule has 0 atom stereocenters. The van der Waals surface area contributed by atoms with E-state index in [1.54, 1.807) is 13.0 Å². The van der Waals surface area contributed by atoms with E-state index in [0.29, 0.717) is 0 Å². The maximum atomic E-state index is 13.5. The first kappa shape index (κ1) is 14.7. The van der Waals surface area contributed by atoms with Crippen molar-refractivity contribution in [1.29, 1.82) is 0 Å². The van der Waals surface area contributed by atoms with Crippen molar-refractivity contribution < 1.29 is 19.1 Å². The zero-order chi connectivity index (χ0) is 15.4. The number of carboxylic acid groups (broad SMARTS) is 1. The third kappa shape index (κ3) is 3.65. The van der Waals surface area contributed by atoms with Crippen LogP contribution in [0.3, 0.4) is 0 Å². The van der Waals surface area contributed by atoms with Crippen molar-refractivity contribution in [1.82, 2.24) is 9.78 Å². The van der Waals surface area contributed by atoms with Crippen LogP contribution in [-0.2, 0) is 11.3 Å². The fraction of sp³-hybridized carbons (Fsp3) is 0.214. The van der Waals surface area contributed by atoms with Crippen LogP contribution in [0.15, 0.2) is 30.5 Å². The molecule has 6 nitrogen and oxygen atoms in total. The summed E-state index contributed by atoms with van der Waals surface area (Å²) in [5.74, 6) is -2.04. The van der Waals surface area contributed by atoms with Gasteiger partial charge in [0.15, 0.2) is 0 Å². The molecule has 0 radical (unpaired) electrons. The number of hydrogen-bond donors (Lipinski definition) is 2. The van der Waals surface area contributed by atoms with Gasteiger partial charge in [-0.25, -0.2) is 9.18 Å². The highest BCUT2D eigenvalue weighted by Gasteiger charge is 2.12. The molecule has 0 saturated heterocycles. The first-order valence-electron chi connectivity index (χ1n) is 6.28. The molecule has 1 heterocycles. The van der Waals surface area contributed by atoms with Gasteiger partial charge in [-0.2, -0.15) is 5.10 Å². The number of halogens is 1. The summed E-state index contributed by atoms with van der Waals surface area (Å²) >= 11 is 0. The number of amides is 1. The predicted molar refractivity (Wildman–Crippen MR) is 73.6 cm³/mol. The Morgan fingerprint density at radius 2 is 2.14 bits per heavy atom. The van der Waals surface area contributed by atoms with Crippen LogP contribution >= 0.6 is 0 Å². The standard InChI is InChI=1S/C14H14FN3O3/c1-9-2-3-10(15)11(8-9)17-13(19)5-7-18-12(14(20)21)4-6-16-18/h2-4,6,8H,5,7H2,1H3,(H,17,19)(H,20,21). The Hall–Kier alpha value is -2.70. The van der Waals surface area contributed by atoms with Crippen LogP contribution in [0.4, 0.5) is 10.1 Å². The van der Waals surface area contributed by atoms with Crippen LogP contribution in [0.2, 0.25) is 0 Å². The van der Waals surface area contributed by atoms with E-state index in [1.807, 2.05) is 0 Å². The highest BCUT2D eigenvalue weighted by Crippen LogP contribution is 2.15. The molecule has 2 rings (SSSR count). The quantitative estimate of drug-likeness (QED) is 0.883. The molecule has 0 aliphatic heterocycles. The highest BCUT2D eigenvalue weighted by molar-refractivity contribution is 5.91. The summed E-state index contributed by atoms with van der Waals surface area (Å²) in [4.78, 5) is 22.7. The topological polar surface area (TPSA) is 84.2 Å². The van der Waals surface area contributed by atoms with Crippen LogP contribution in [0.1, 0.15) is 22.5 Å². The van der Waals surface area contributed by atoms with Gasteiger partial charge >= 0.3 is 5.97 Å². The summed E-state index contributed by atoms with van der Waals surface area (Å²) < 4.78 is 14.7. The van der Waals surface area contributed by atoms with Crippen molar-refractivity contribution in [2.24, 2.45) is 0 Å². The SMILES string of the molecule is Cc1ccc(F)c(NC(=O)CCn2nccc2C(=O)O)c1. The van der Waals surface area contributed by atoms with Gasteiger partial charge in [-0.1, -0.05) is 6.07 Å². The molecule has 0 fully saturated rings. The van der Waals surface area contributed by atoms with Crippen molar-refractivity contribution in [3.8, 4) is 0 Å². The molecule has 2 aromatic rings. The second-order valence-electron chi connectivity index (χ2n) is 4.53. The lowest BCUT2D eigenvalue weighted by atomic mass is 10.2. The van der Waals surface area contributed by atoms with Gasteiger partial charge in [0, 0.05) is 12.6 Å². The average molecular weight is 291 g/mol. The molecule has 0 bridgehead atoms. The van der Waals surface area contributed by atoms with E-state index in [4.69, 9.17) is 5.11 Å². The van der Waals surface area contributed by atoms with Crippen LogP contribution in [0.25, 0.3) is 0 Å². The average Bonchev–Trinajstić information content (AvgIpc) is 2.89. The normalized spacial score (nSPS) is 10.4. The van der Waals surface area contributed by atoms with Gasteiger partial charge in [-0.3, -0.25) is 9.48 Å². The summed E-state index contributed by atoms with van der Waals surface area (Å²) in [6.45, 7) is 1.89. The van der Waals surface area contributed by atoms with Gasteiger partial charge in [-0.15, -0.1) is 0 Å². The van der Waals surface area contributed by atoms with Gasteiger partial charge in [0.05, 0.1) is 12.2 Å². The Morgan fingerprint density at radius 1 is 1.38 bits per heavy atom. The van der Waals surface area contributed by atoms with Crippen molar-refractivity contribution in [2.75, 3.05) is 5.32 Å². The molecule has 0 unspecified atom stereocenters. The monoisotopic (exact) mass is 291 g/mol. The number of carboxylic acids is 1. The molecular formula is C14H14FN3O3. The summed E-state index contributed by atoms with van der Waals surface area (Å²) in [6, 6.07) is 5.76. The number of carbonyl (C=O) groups is 2. The van der Waals surface area contributed by atoms with Crippen LogP contribution in [0, 0.1) is 12.7 Å². The number of carbonyl (C=O) groups excluding carboxylic acids is 1. The zero-order valence-corrected chi connectivity index (χ0v) is 11.3. The lowest BCUT2D eigenvalue weighted by Gasteiger charge is -2.08. The molecule has 7 heteroatoms. The molecule has 21 heavy (non-hydrogen) atoms. The third-order valence-electron chi connectivity index (χ3n) is 2.88. The first-order valence-corrected chi connectivity index (χ1v) is 6.28. The van der Waals surface area contributed by atoms with E-state index in [9.17, 15) is 14.0 Å². The van der Waals surface area contributed by atoms with E-state index >= 15 is 0 Å². The van der Waals surface area contributed by atoms with Crippen molar-refractivity contribution in [3.05, 3.63) is 47.5 Å². The van der Waals surface area contributed by atoms with Crippen LogP contribution in [-0.4, -0.2) is 26.8 Å². The minimum Gasteiger partial charge on any atom is -0.477 e. The number of nitrogens with zero attached hydrogens (tertiary/aromatic N) is 2. The van der Waals surface area contributed by atoms with Crippen molar-refractivity contribution in [3.63, 3.8) is 0 Å². The molecular weight excluding hydrogens is 277 g/mol. The molecule has 0 spiro atoms. The predicted octanol–water partition coefficient (Wildman–Crippen LogP) is 2.06. The smallest absolute Gasteiger partial charge is 0.354 e. The number of aryl methyl sites for hydroxylation is 2. The molecule has 0 saturated carbocycles. The molecule has 1 aromatic carbocycles. The van der Waals surface area contributed by atoms with Crippen LogP contribution in [0.5, 0.6) is 0 Å². The maximum absolute atomic E-state index is 13.5. The second-order valence-corrected chi connectivity index (χ2v) is 4.53. The Bertz CT molecular complexity index is 682. The number of nitrogens with one attached hydrogen (secondary N) is 1. The van der Waals surface area contributed by atoms with Crippen molar-refractivity contribution in [2.45, 2.75) is 19.9 Å². The van der Waals surface area contributed by atoms with E-state index < -0.39 is 17.7 Å². The Morgan fingerprint density at radius 3 is 2.86 bits per heavy atom. The van der Waals surface area contributed by atoms with E-state index in [2.05, 4.69) is 10.4 Å². The lowest BCUT2D eigenvalue weighted by molar-refractivity contribution is -0.116. The van der Waals surface area contributed by atoms with Crippen molar-refractivity contribution >= 4 is 17.6 Å². The Labute approximate surface area is 120 Å². The zero-order valence-electron chi connectivity index (χ0n) is 11.3. The first-order chi connectivity index (χ1) is 9.97.